The van der Waals surface area contributed by atoms with Crippen LogP contribution >= 0.6 is 0 Å². The van der Waals surface area contributed by atoms with E-state index in [2.05, 4.69) is 15.1 Å². The van der Waals surface area contributed by atoms with Gasteiger partial charge < -0.3 is 29.3 Å². The molecule has 2 aliphatic heterocycles. The Balaban J connectivity index is 1.07. The van der Waals surface area contributed by atoms with Crippen molar-refractivity contribution in [1.29, 1.82) is 0 Å². The fourth-order valence-corrected chi connectivity index (χ4v) is 3.47. The van der Waals surface area contributed by atoms with Crippen LogP contribution in [0, 0.1) is 0 Å². The van der Waals surface area contributed by atoms with Gasteiger partial charge in [-0.15, -0.1) is 0 Å². The average molecular weight is 375 g/mol. The number of hydrogen-bond donors (Lipinski definition) is 1. The largest absolute Gasteiger partial charge is 0.493 e. The molecule has 7 heteroatoms. The first-order chi connectivity index (χ1) is 13.3. The molecule has 1 N–H and O–H groups in total. The molecule has 4 rings (SSSR count). The molecule has 1 amide bonds. The SMILES string of the molecule is O=C(CCN1CCN(CCCOc2ccc3c(c2)OCO3)CC1)NC1CC1. The Morgan fingerprint density at radius 1 is 1.07 bits per heavy atom. The highest BCUT2D eigenvalue weighted by Crippen LogP contribution is 2.35. The van der Waals surface area contributed by atoms with Gasteiger partial charge in [0.15, 0.2) is 11.5 Å². The van der Waals surface area contributed by atoms with Gasteiger partial charge in [0, 0.05) is 57.8 Å². The van der Waals surface area contributed by atoms with Gasteiger partial charge in [-0.05, 0) is 31.4 Å². The number of nitrogens with one attached hydrogen (secondary N) is 1. The molecule has 0 unspecified atom stereocenters. The Kier molecular flexibility index (Phi) is 5.99. The van der Waals surface area contributed by atoms with Crippen molar-refractivity contribution in [2.75, 3.05) is 52.7 Å². The highest BCUT2D eigenvalue weighted by Gasteiger charge is 2.23. The molecule has 1 saturated carbocycles. The van der Waals surface area contributed by atoms with Crippen molar-refractivity contribution in [3.63, 3.8) is 0 Å². The Morgan fingerprint density at radius 3 is 2.59 bits per heavy atom. The molecule has 2 fully saturated rings. The minimum Gasteiger partial charge on any atom is -0.493 e. The topological polar surface area (TPSA) is 63.3 Å². The van der Waals surface area contributed by atoms with Gasteiger partial charge >= 0.3 is 0 Å². The second kappa shape index (κ2) is 8.80. The van der Waals surface area contributed by atoms with E-state index in [4.69, 9.17) is 14.2 Å². The quantitative estimate of drug-likeness (QED) is 0.660. The van der Waals surface area contributed by atoms with Crippen molar-refractivity contribution in [3.05, 3.63) is 18.2 Å². The van der Waals surface area contributed by atoms with Gasteiger partial charge in [-0.2, -0.15) is 0 Å². The molecule has 0 aromatic heterocycles. The number of ether oxygens (including phenoxy) is 3. The molecule has 2 heterocycles. The summed E-state index contributed by atoms with van der Waals surface area (Å²) in [5.41, 5.74) is 0. The summed E-state index contributed by atoms with van der Waals surface area (Å²) in [4.78, 5) is 16.6. The molecule has 3 aliphatic rings. The Bertz CT molecular complexity index is 642. The molecule has 1 saturated heterocycles. The summed E-state index contributed by atoms with van der Waals surface area (Å²) in [6, 6.07) is 6.17. The minimum atomic E-state index is 0.209. The lowest BCUT2D eigenvalue weighted by atomic mass is 10.2. The van der Waals surface area contributed by atoms with E-state index in [9.17, 15) is 4.79 Å². The molecule has 0 radical (unpaired) electrons. The fourth-order valence-electron chi connectivity index (χ4n) is 3.47. The summed E-state index contributed by atoms with van der Waals surface area (Å²) in [5.74, 6) is 2.58. The van der Waals surface area contributed by atoms with Crippen LogP contribution in [0.15, 0.2) is 18.2 Å². The smallest absolute Gasteiger partial charge is 0.231 e. The highest BCUT2D eigenvalue weighted by molar-refractivity contribution is 5.76. The predicted molar refractivity (Wildman–Crippen MR) is 101 cm³/mol. The van der Waals surface area contributed by atoms with Gasteiger partial charge in [-0.1, -0.05) is 0 Å². The maximum Gasteiger partial charge on any atom is 0.231 e. The summed E-state index contributed by atoms with van der Waals surface area (Å²) in [6.45, 7) is 7.11. The van der Waals surface area contributed by atoms with Gasteiger partial charge in [-0.3, -0.25) is 4.79 Å². The lowest BCUT2D eigenvalue weighted by Crippen LogP contribution is -2.47. The number of carbonyl (C=O) groups is 1. The number of rotatable bonds is 9. The Labute approximate surface area is 160 Å². The lowest BCUT2D eigenvalue weighted by Gasteiger charge is -2.34. The zero-order chi connectivity index (χ0) is 18.5. The van der Waals surface area contributed by atoms with Gasteiger partial charge in [0.25, 0.3) is 0 Å². The van der Waals surface area contributed by atoms with E-state index < -0.39 is 0 Å². The average Bonchev–Trinajstić information content (AvgIpc) is 3.37. The summed E-state index contributed by atoms with van der Waals surface area (Å²) in [7, 11) is 0. The monoisotopic (exact) mass is 375 g/mol. The van der Waals surface area contributed by atoms with E-state index in [1.807, 2.05) is 18.2 Å². The van der Waals surface area contributed by atoms with Crippen LogP contribution in [0.1, 0.15) is 25.7 Å². The maximum absolute atomic E-state index is 11.8. The second-order valence-electron chi connectivity index (χ2n) is 7.49. The number of benzene rings is 1. The molecule has 0 spiro atoms. The van der Waals surface area contributed by atoms with Crippen LogP contribution in [0.2, 0.25) is 0 Å². The number of amides is 1. The van der Waals surface area contributed by atoms with Crippen molar-refractivity contribution in [3.8, 4) is 17.2 Å². The minimum absolute atomic E-state index is 0.209. The van der Waals surface area contributed by atoms with E-state index in [0.717, 1.165) is 75.8 Å². The molecular formula is C20H29N3O4. The van der Waals surface area contributed by atoms with Gasteiger partial charge in [-0.25, -0.2) is 0 Å². The third-order valence-corrected chi connectivity index (χ3v) is 5.29. The van der Waals surface area contributed by atoms with Crippen LogP contribution in [-0.2, 0) is 4.79 Å². The van der Waals surface area contributed by atoms with Crippen molar-refractivity contribution < 1.29 is 19.0 Å². The van der Waals surface area contributed by atoms with Crippen LogP contribution in [0.4, 0.5) is 0 Å². The number of carbonyl (C=O) groups excluding carboxylic acids is 1. The van der Waals surface area contributed by atoms with Crippen molar-refractivity contribution in [2.45, 2.75) is 31.7 Å². The Morgan fingerprint density at radius 2 is 1.81 bits per heavy atom. The first kappa shape index (κ1) is 18.4. The Hall–Kier alpha value is -1.99. The van der Waals surface area contributed by atoms with Gasteiger partial charge in [0.2, 0.25) is 12.7 Å². The van der Waals surface area contributed by atoms with Crippen LogP contribution < -0.4 is 19.5 Å². The van der Waals surface area contributed by atoms with Crippen molar-refractivity contribution in [2.24, 2.45) is 0 Å². The second-order valence-corrected chi connectivity index (χ2v) is 7.49. The third kappa shape index (κ3) is 5.49. The van der Waals surface area contributed by atoms with Crippen LogP contribution in [0.5, 0.6) is 17.2 Å². The molecule has 0 atom stereocenters. The van der Waals surface area contributed by atoms with E-state index in [-0.39, 0.29) is 12.7 Å². The summed E-state index contributed by atoms with van der Waals surface area (Å²) < 4.78 is 16.5. The number of fused-ring (bicyclic) bond motifs is 1. The molecule has 0 bridgehead atoms. The summed E-state index contributed by atoms with van der Waals surface area (Å²) in [5, 5.41) is 3.06. The zero-order valence-electron chi connectivity index (χ0n) is 15.8. The first-order valence-corrected chi connectivity index (χ1v) is 10.0. The molecule has 1 aromatic rings. The van der Waals surface area contributed by atoms with Gasteiger partial charge in [0.05, 0.1) is 6.61 Å². The molecule has 7 nitrogen and oxygen atoms in total. The van der Waals surface area contributed by atoms with Crippen LogP contribution in [-0.4, -0.2) is 74.4 Å². The molecule has 1 aliphatic carbocycles. The standard InChI is InChI=1S/C20H29N3O4/c24-20(21-16-2-3-16)6-8-23-11-9-22(10-12-23)7-1-13-25-17-4-5-18-19(14-17)27-15-26-18/h4-5,14,16H,1-3,6-13,15H2,(H,21,24). The van der Waals surface area contributed by atoms with Crippen molar-refractivity contribution in [1.82, 2.24) is 15.1 Å². The molecule has 27 heavy (non-hydrogen) atoms. The first-order valence-electron chi connectivity index (χ1n) is 10.0. The van der Waals surface area contributed by atoms with E-state index in [1.165, 1.54) is 0 Å². The van der Waals surface area contributed by atoms with E-state index in [1.54, 1.807) is 0 Å². The van der Waals surface area contributed by atoms with Gasteiger partial charge in [0.1, 0.15) is 5.75 Å². The van der Waals surface area contributed by atoms with Crippen LogP contribution in [0.25, 0.3) is 0 Å². The number of piperazine rings is 1. The van der Waals surface area contributed by atoms with E-state index in [0.29, 0.717) is 19.1 Å². The molecular weight excluding hydrogens is 346 g/mol. The predicted octanol–water partition coefficient (Wildman–Crippen LogP) is 1.47. The summed E-state index contributed by atoms with van der Waals surface area (Å²) >= 11 is 0. The summed E-state index contributed by atoms with van der Waals surface area (Å²) in [6.07, 6.45) is 3.93. The fraction of sp³-hybridized carbons (Fsp3) is 0.650. The molecule has 1 aromatic carbocycles. The number of hydrogen-bond acceptors (Lipinski definition) is 6. The van der Waals surface area contributed by atoms with Crippen molar-refractivity contribution >= 4 is 5.91 Å². The third-order valence-electron chi connectivity index (χ3n) is 5.29. The number of nitrogens with zero attached hydrogens (tertiary/aromatic N) is 2. The van der Waals surface area contributed by atoms with Crippen LogP contribution in [0.3, 0.4) is 0 Å². The molecule has 148 valence electrons. The van der Waals surface area contributed by atoms with E-state index >= 15 is 0 Å². The lowest BCUT2D eigenvalue weighted by molar-refractivity contribution is -0.121. The zero-order valence-corrected chi connectivity index (χ0v) is 15.8. The normalized spacial score (nSPS) is 19.9. The highest BCUT2D eigenvalue weighted by atomic mass is 16.7. The maximum atomic E-state index is 11.8.